The third-order valence-electron chi connectivity index (χ3n) is 2.26. The van der Waals surface area contributed by atoms with E-state index in [0.717, 1.165) is 30.8 Å². The van der Waals surface area contributed by atoms with Crippen molar-refractivity contribution in [2.75, 3.05) is 25.1 Å². The quantitative estimate of drug-likeness (QED) is 0.728. The molecule has 2 heterocycles. The van der Waals surface area contributed by atoms with Crippen LogP contribution in [0.2, 0.25) is 0 Å². The summed E-state index contributed by atoms with van der Waals surface area (Å²) in [5, 5.41) is 11.8. The van der Waals surface area contributed by atoms with Gasteiger partial charge in [-0.15, -0.1) is 0 Å². The van der Waals surface area contributed by atoms with Gasteiger partial charge < -0.3 is 15.2 Å². The van der Waals surface area contributed by atoms with Gasteiger partial charge in [0, 0.05) is 24.9 Å². The molecule has 1 aromatic rings. The van der Waals surface area contributed by atoms with Crippen molar-refractivity contribution < 1.29 is 9.84 Å². The molecule has 0 fully saturated rings. The summed E-state index contributed by atoms with van der Waals surface area (Å²) in [7, 11) is 0. The lowest BCUT2D eigenvalue weighted by Crippen LogP contribution is -2.09. The van der Waals surface area contributed by atoms with E-state index in [1.165, 1.54) is 0 Å². The van der Waals surface area contributed by atoms with Gasteiger partial charge in [-0.2, -0.15) is 4.98 Å². The Balaban J connectivity index is 1.93. The van der Waals surface area contributed by atoms with Gasteiger partial charge in [0.25, 0.3) is 0 Å². The number of rotatable bonds is 5. The zero-order valence-electron chi connectivity index (χ0n) is 9.02. The van der Waals surface area contributed by atoms with Gasteiger partial charge in [0.1, 0.15) is 5.82 Å². The Morgan fingerprint density at radius 1 is 1.44 bits per heavy atom. The minimum atomic E-state index is 0.195. The molecule has 0 radical (unpaired) electrons. The van der Waals surface area contributed by atoms with Crippen LogP contribution in [0.25, 0.3) is 6.08 Å². The highest BCUT2D eigenvalue weighted by Crippen LogP contribution is 2.19. The average Bonchev–Trinajstić information content (AvgIpc) is 2.34. The van der Waals surface area contributed by atoms with Crippen LogP contribution >= 0.6 is 0 Å². The molecule has 0 aromatic carbocycles. The fourth-order valence-electron chi connectivity index (χ4n) is 1.43. The van der Waals surface area contributed by atoms with Gasteiger partial charge >= 0.3 is 6.01 Å². The predicted octanol–water partition coefficient (Wildman–Crippen LogP) is 1.07. The molecule has 0 spiro atoms. The van der Waals surface area contributed by atoms with Crippen LogP contribution in [-0.2, 0) is 0 Å². The van der Waals surface area contributed by atoms with Gasteiger partial charge in [0.2, 0.25) is 0 Å². The lowest BCUT2D eigenvalue weighted by molar-refractivity contribution is 0.244. The molecule has 5 nitrogen and oxygen atoms in total. The number of fused-ring (bicyclic) bond motifs is 1. The fraction of sp³-hybridized carbons (Fsp3) is 0.455. The Hall–Kier alpha value is -1.62. The molecule has 86 valence electrons. The van der Waals surface area contributed by atoms with Crippen LogP contribution in [0.4, 0.5) is 5.82 Å². The normalized spacial score (nSPS) is 13.1. The van der Waals surface area contributed by atoms with Crippen molar-refractivity contribution in [2.24, 2.45) is 0 Å². The van der Waals surface area contributed by atoms with Crippen molar-refractivity contribution in [1.29, 1.82) is 0 Å². The SMILES string of the molecule is OCCCCOc1ncc2c(n1)NCC=C2. The summed E-state index contributed by atoms with van der Waals surface area (Å²) in [6.45, 7) is 1.52. The molecule has 0 bridgehead atoms. The van der Waals surface area contributed by atoms with E-state index in [4.69, 9.17) is 9.84 Å². The summed E-state index contributed by atoms with van der Waals surface area (Å²) < 4.78 is 5.38. The standard InChI is InChI=1S/C11H15N3O2/c15-6-1-2-7-16-11-13-8-9-4-3-5-12-10(9)14-11/h3-4,8,15H,1-2,5-7H2,(H,12,13,14). The number of aliphatic hydroxyl groups excluding tert-OH is 1. The number of hydrogen-bond donors (Lipinski definition) is 2. The molecule has 0 amide bonds. The number of hydrogen-bond acceptors (Lipinski definition) is 5. The number of aliphatic hydroxyl groups is 1. The van der Waals surface area contributed by atoms with Gasteiger partial charge in [-0.05, 0) is 12.8 Å². The van der Waals surface area contributed by atoms with E-state index in [-0.39, 0.29) is 6.61 Å². The highest BCUT2D eigenvalue weighted by molar-refractivity contribution is 5.65. The Morgan fingerprint density at radius 3 is 3.25 bits per heavy atom. The van der Waals surface area contributed by atoms with E-state index in [9.17, 15) is 0 Å². The molecule has 0 aliphatic carbocycles. The van der Waals surface area contributed by atoms with Crippen molar-refractivity contribution in [3.63, 3.8) is 0 Å². The van der Waals surface area contributed by atoms with Crippen molar-refractivity contribution >= 4 is 11.9 Å². The first-order chi connectivity index (χ1) is 7.90. The van der Waals surface area contributed by atoms with Gasteiger partial charge in [0.15, 0.2) is 0 Å². The summed E-state index contributed by atoms with van der Waals surface area (Å²) in [5.41, 5.74) is 0.981. The molecular formula is C11H15N3O2. The van der Waals surface area contributed by atoms with Crippen LogP contribution in [0, 0.1) is 0 Å². The summed E-state index contributed by atoms with van der Waals surface area (Å²) >= 11 is 0. The van der Waals surface area contributed by atoms with Crippen molar-refractivity contribution in [3.8, 4) is 6.01 Å². The minimum absolute atomic E-state index is 0.195. The first-order valence-corrected chi connectivity index (χ1v) is 5.41. The zero-order chi connectivity index (χ0) is 11.2. The van der Waals surface area contributed by atoms with Crippen molar-refractivity contribution in [1.82, 2.24) is 9.97 Å². The van der Waals surface area contributed by atoms with E-state index < -0.39 is 0 Å². The minimum Gasteiger partial charge on any atom is -0.463 e. The van der Waals surface area contributed by atoms with Crippen LogP contribution in [0.5, 0.6) is 6.01 Å². The first kappa shape index (κ1) is 10.9. The highest BCUT2D eigenvalue weighted by Gasteiger charge is 2.07. The lowest BCUT2D eigenvalue weighted by Gasteiger charge is -2.12. The fourth-order valence-corrected chi connectivity index (χ4v) is 1.43. The molecule has 0 saturated carbocycles. The van der Waals surface area contributed by atoms with Gasteiger partial charge in [0.05, 0.1) is 6.61 Å². The Morgan fingerprint density at radius 2 is 2.38 bits per heavy atom. The van der Waals surface area contributed by atoms with E-state index in [0.29, 0.717) is 12.6 Å². The van der Waals surface area contributed by atoms with Gasteiger partial charge in [-0.1, -0.05) is 12.2 Å². The largest absolute Gasteiger partial charge is 0.463 e. The maximum atomic E-state index is 8.62. The lowest BCUT2D eigenvalue weighted by atomic mass is 10.2. The molecular weight excluding hydrogens is 206 g/mol. The van der Waals surface area contributed by atoms with Crippen LogP contribution in [0.3, 0.4) is 0 Å². The number of nitrogens with zero attached hydrogens (tertiary/aromatic N) is 2. The molecule has 1 aliphatic rings. The van der Waals surface area contributed by atoms with Crippen molar-refractivity contribution in [2.45, 2.75) is 12.8 Å². The van der Waals surface area contributed by atoms with Crippen LogP contribution in [0.15, 0.2) is 12.3 Å². The molecule has 2 rings (SSSR count). The predicted molar refractivity (Wildman–Crippen MR) is 61.4 cm³/mol. The average molecular weight is 221 g/mol. The maximum absolute atomic E-state index is 8.62. The maximum Gasteiger partial charge on any atom is 0.318 e. The van der Waals surface area contributed by atoms with Crippen LogP contribution < -0.4 is 10.1 Å². The van der Waals surface area contributed by atoms with Crippen LogP contribution in [0.1, 0.15) is 18.4 Å². The molecule has 2 N–H and O–H groups in total. The summed E-state index contributed by atoms with van der Waals surface area (Å²) in [5.74, 6) is 0.814. The Kier molecular flexibility index (Phi) is 3.71. The number of ether oxygens (including phenoxy) is 1. The van der Waals surface area contributed by atoms with E-state index >= 15 is 0 Å². The second-order valence-electron chi connectivity index (χ2n) is 3.52. The topological polar surface area (TPSA) is 67.3 Å². The second-order valence-corrected chi connectivity index (χ2v) is 3.52. The number of unbranched alkanes of at least 4 members (excludes halogenated alkanes) is 1. The van der Waals surface area contributed by atoms with E-state index in [1.807, 2.05) is 12.2 Å². The van der Waals surface area contributed by atoms with Crippen molar-refractivity contribution in [3.05, 3.63) is 17.8 Å². The molecule has 16 heavy (non-hydrogen) atoms. The van der Waals surface area contributed by atoms with Gasteiger partial charge in [-0.3, -0.25) is 0 Å². The van der Waals surface area contributed by atoms with E-state index in [1.54, 1.807) is 6.20 Å². The monoisotopic (exact) mass is 221 g/mol. The second kappa shape index (κ2) is 5.46. The van der Waals surface area contributed by atoms with E-state index in [2.05, 4.69) is 15.3 Å². The molecule has 0 unspecified atom stereocenters. The Labute approximate surface area is 94.2 Å². The zero-order valence-corrected chi connectivity index (χ0v) is 9.02. The summed E-state index contributed by atoms with van der Waals surface area (Å²) in [6, 6.07) is 0.388. The summed E-state index contributed by atoms with van der Waals surface area (Å²) in [4.78, 5) is 8.36. The molecule has 5 heteroatoms. The third kappa shape index (κ3) is 2.70. The first-order valence-electron chi connectivity index (χ1n) is 5.41. The third-order valence-corrected chi connectivity index (χ3v) is 2.26. The number of aromatic nitrogens is 2. The van der Waals surface area contributed by atoms with Crippen LogP contribution in [-0.4, -0.2) is 34.8 Å². The highest BCUT2D eigenvalue weighted by atomic mass is 16.5. The molecule has 0 saturated heterocycles. The smallest absolute Gasteiger partial charge is 0.318 e. The number of nitrogens with one attached hydrogen (secondary N) is 1. The molecule has 1 aliphatic heterocycles. The summed E-state index contributed by atoms with van der Waals surface area (Å²) in [6.07, 6.45) is 7.30. The van der Waals surface area contributed by atoms with Gasteiger partial charge in [-0.25, -0.2) is 4.98 Å². The molecule has 0 atom stereocenters. The Bertz CT molecular complexity index is 379. The molecule has 1 aromatic heterocycles. The number of anilines is 1.